The molecule has 0 saturated heterocycles. The molecule has 0 radical (unpaired) electrons. The van der Waals surface area contributed by atoms with Crippen LogP contribution in [0.2, 0.25) is 0 Å². The van der Waals surface area contributed by atoms with E-state index in [1.165, 1.54) is 24.3 Å². The lowest BCUT2D eigenvalue weighted by molar-refractivity contribution is -0.120. The molecule has 3 nitrogen and oxygen atoms in total. The van der Waals surface area contributed by atoms with Gasteiger partial charge in [0.1, 0.15) is 5.82 Å². The van der Waals surface area contributed by atoms with Crippen molar-refractivity contribution in [1.82, 2.24) is 0 Å². The van der Waals surface area contributed by atoms with E-state index >= 15 is 0 Å². The van der Waals surface area contributed by atoms with Crippen molar-refractivity contribution in [2.24, 2.45) is 0 Å². The average molecular weight is 257 g/mol. The molecule has 1 aliphatic heterocycles. The van der Waals surface area contributed by atoms with E-state index in [0.717, 1.165) is 0 Å². The fourth-order valence-electron chi connectivity index (χ4n) is 2.41. The number of fused-ring (bicyclic) bond motifs is 1. The van der Waals surface area contributed by atoms with Gasteiger partial charge in [-0.2, -0.15) is 0 Å². The first-order chi connectivity index (χ1) is 9.16. The molecular weight excluding hydrogens is 245 g/mol. The number of halogens is 1. The summed E-state index contributed by atoms with van der Waals surface area (Å²) in [5.41, 5.74) is 1.90. The van der Waals surface area contributed by atoms with Gasteiger partial charge < -0.3 is 10.4 Å². The van der Waals surface area contributed by atoms with Crippen LogP contribution in [-0.2, 0) is 4.79 Å². The maximum atomic E-state index is 12.9. The first kappa shape index (κ1) is 11.9. The number of anilines is 1. The van der Waals surface area contributed by atoms with Crippen LogP contribution in [0.25, 0.3) is 0 Å². The molecule has 0 saturated carbocycles. The topological polar surface area (TPSA) is 49.3 Å². The third kappa shape index (κ3) is 2.00. The van der Waals surface area contributed by atoms with Crippen LogP contribution < -0.4 is 5.32 Å². The highest BCUT2D eigenvalue weighted by Gasteiger charge is 2.35. The van der Waals surface area contributed by atoms with Gasteiger partial charge in [0.25, 0.3) is 0 Å². The van der Waals surface area contributed by atoms with Gasteiger partial charge in [-0.25, -0.2) is 4.39 Å². The highest BCUT2D eigenvalue weighted by molar-refractivity contribution is 5.99. The van der Waals surface area contributed by atoms with Crippen LogP contribution in [0.1, 0.15) is 23.1 Å². The molecule has 0 spiro atoms. The minimum atomic E-state index is -0.921. The second-order valence-corrected chi connectivity index (χ2v) is 4.55. The zero-order chi connectivity index (χ0) is 13.4. The van der Waals surface area contributed by atoms with E-state index in [1.807, 2.05) is 0 Å². The molecule has 2 N–H and O–H groups in total. The van der Waals surface area contributed by atoms with Crippen molar-refractivity contribution in [3.63, 3.8) is 0 Å². The van der Waals surface area contributed by atoms with E-state index in [0.29, 0.717) is 16.8 Å². The monoisotopic (exact) mass is 257 g/mol. The zero-order valence-corrected chi connectivity index (χ0v) is 10.0. The molecule has 19 heavy (non-hydrogen) atoms. The van der Waals surface area contributed by atoms with E-state index in [1.54, 1.807) is 24.3 Å². The summed E-state index contributed by atoms with van der Waals surface area (Å²) >= 11 is 0. The Morgan fingerprint density at radius 3 is 2.47 bits per heavy atom. The van der Waals surface area contributed by atoms with Crippen molar-refractivity contribution in [3.05, 3.63) is 65.5 Å². The molecule has 2 atom stereocenters. The quantitative estimate of drug-likeness (QED) is 0.825. The maximum absolute atomic E-state index is 12.9. The van der Waals surface area contributed by atoms with Crippen molar-refractivity contribution in [2.45, 2.75) is 12.0 Å². The van der Waals surface area contributed by atoms with Crippen molar-refractivity contribution >= 4 is 11.6 Å². The molecule has 96 valence electrons. The largest absolute Gasteiger partial charge is 0.387 e. The number of hydrogen-bond donors (Lipinski definition) is 2. The molecule has 0 aliphatic carbocycles. The number of nitrogens with one attached hydrogen (secondary N) is 1. The van der Waals surface area contributed by atoms with E-state index in [2.05, 4.69) is 5.32 Å². The molecule has 2 aromatic rings. The Balaban J connectivity index is 2.04. The molecule has 2 aromatic carbocycles. The van der Waals surface area contributed by atoms with Crippen LogP contribution in [0, 0.1) is 5.82 Å². The molecule has 3 rings (SSSR count). The standard InChI is InChI=1S/C15H12FNO2/c16-10-7-5-9(6-8-10)13-14(18)11-3-1-2-4-12(11)17-15(13)19/h1-8,13-14,18H,(H,17,19). The predicted molar refractivity (Wildman–Crippen MR) is 69.2 cm³/mol. The Bertz CT molecular complexity index is 624. The minimum Gasteiger partial charge on any atom is -0.387 e. The number of amides is 1. The Morgan fingerprint density at radius 2 is 1.74 bits per heavy atom. The van der Waals surface area contributed by atoms with Crippen LogP contribution in [-0.4, -0.2) is 11.0 Å². The second kappa shape index (κ2) is 4.48. The van der Waals surface area contributed by atoms with Gasteiger partial charge in [-0.05, 0) is 23.8 Å². The Kier molecular flexibility index (Phi) is 2.80. The number of benzene rings is 2. The van der Waals surface area contributed by atoms with Gasteiger partial charge in [0.15, 0.2) is 0 Å². The Morgan fingerprint density at radius 1 is 1.05 bits per heavy atom. The van der Waals surface area contributed by atoms with E-state index < -0.39 is 12.0 Å². The second-order valence-electron chi connectivity index (χ2n) is 4.55. The van der Waals surface area contributed by atoms with Crippen molar-refractivity contribution in [1.29, 1.82) is 0 Å². The van der Waals surface area contributed by atoms with Gasteiger partial charge in [-0.15, -0.1) is 0 Å². The first-order valence-electron chi connectivity index (χ1n) is 6.00. The molecule has 0 bridgehead atoms. The van der Waals surface area contributed by atoms with Crippen molar-refractivity contribution < 1.29 is 14.3 Å². The van der Waals surface area contributed by atoms with Gasteiger partial charge in [-0.1, -0.05) is 30.3 Å². The Labute approximate surface area is 109 Å². The van der Waals surface area contributed by atoms with Crippen LogP contribution >= 0.6 is 0 Å². The van der Waals surface area contributed by atoms with Crippen LogP contribution in [0.4, 0.5) is 10.1 Å². The number of para-hydroxylation sites is 1. The summed E-state index contributed by atoms with van der Waals surface area (Å²) in [6.07, 6.45) is -0.921. The smallest absolute Gasteiger partial charge is 0.234 e. The fraction of sp³-hybridized carbons (Fsp3) is 0.133. The SMILES string of the molecule is O=C1Nc2ccccc2C(O)C1c1ccc(F)cc1. The highest BCUT2D eigenvalue weighted by atomic mass is 19.1. The van der Waals surface area contributed by atoms with Gasteiger partial charge in [0.05, 0.1) is 12.0 Å². The van der Waals surface area contributed by atoms with Gasteiger partial charge in [0.2, 0.25) is 5.91 Å². The highest BCUT2D eigenvalue weighted by Crippen LogP contribution is 2.39. The van der Waals surface area contributed by atoms with Crippen LogP contribution in [0.5, 0.6) is 0 Å². The molecule has 2 unspecified atom stereocenters. The van der Waals surface area contributed by atoms with Crippen molar-refractivity contribution in [3.8, 4) is 0 Å². The first-order valence-corrected chi connectivity index (χ1v) is 6.00. The lowest BCUT2D eigenvalue weighted by Crippen LogP contribution is -2.31. The molecule has 4 heteroatoms. The molecule has 1 aliphatic rings. The van der Waals surface area contributed by atoms with Crippen LogP contribution in [0.15, 0.2) is 48.5 Å². The normalized spacial score (nSPS) is 21.7. The lowest BCUT2D eigenvalue weighted by atomic mass is 9.85. The van der Waals surface area contributed by atoms with E-state index in [4.69, 9.17) is 0 Å². The number of aliphatic hydroxyl groups is 1. The lowest BCUT2D eigenvalue weighted by Gasteiger charge is -2.29. The minimum absolute atomic E-state index is 0.280. The molecular formula is C15H12FNO2. The third-order valence-electron chi connectivity index (χ3n) is 3.36. The number of rotatable bonds is 1. The summed E-state index contributed by atoms with van der Waals surface area (Å²) in [5.74, 6) is -1.36. The molecule has 0 aromatic heterocycles. The van der Waals surface area contributed by atoms with Gasteiger partial charge in [-0.3, -0.25) is 4.79 Å². The van der Waals surface area contributed by atoms with Gasteiger partial charge >= 0.3 is 0 Å². The zero-order valence-electron chi connectivity index (χ0n) is 10.0. The number of carbonyl (C=O) groups excluding carboxylic acids is 1. The maximum Gasteiger partial charge on any atom is 0.234 e. The Hall–Kier alpha value is -2.20. The molecule has 0 fully saturated rings. The van der Waals surface area contributed by atoms with Crippen LogP contribution in [0.3, 0.4) is 0 Å². The summed E-state index contributed by atoms with van der Waals surface area (Å²) in [4.78, 5) is 12.1. The van der Waals surface area contributed by atoms with E-state index in [9.17, 15) is 14.3 Å². The summed E-state index contributed by atoms with van der Waals surface area (Å²) < 4.78 is 12.9. The summed E-state index contributed by atoms with van der Waals surface area (Å²) in [5, 5.41) is 13.1. The third-order valence-corrected chi connectivity index (χ3v) is 3.36. The fourth-order valence-corrected chi connectivity index (χ4v) is 2.41. The predicted octanol–water partition coefficient (Wildman–Crippen LogP) is 2.60. The number of carbonyl (C=O) groups is 1. The molecule has 1 amide bonds. The average Bonchev–Trinajstić information content (AvgIpc) is 2.41. The van der Waals surface area contributed by atoms with Crippen molar-refractivity contribution in [2.75, 3.05) is 5.32 Å². The summed E-state index contributed by atoms with van der Waals surface area (Å²) in [7, 11) is 0. The summed E-state index contributed by atoms with van der Waals surface area (Å²) in [6.45, 7) is 0. The summed E-state index contributed by atoms with van der Waals surface area (Å²) in [6, 6.07) is 12.7. The number of aliphatic hydroxyl groups excluding tert-OH is 1. The van der Waals surface area contributed by atoms with Gasteiger partial charge in [0, 0.05) is 11.3 Å². The number of hydrogen-bond acceptors (Lipinski definition) is 2. The molecule has 1 heterocycles. The van der Waals surface area contributed by atoms with E-state index in [-0.39, 0.29) is 11.7 Å².